The number of hydrogen-bond acceptors (Lipinski definition) is 2. The molecule has 0 heterocycles. The van der Waals surface area contributed by atoms with Crippen LogP contribution in [0, 0.1) is 11.8 Å². The lowest BCUT2D eigenvalue weighted by atomic mass is 9.77. The van der Waals surface area contributed by atoms with Gasteiger partial charge in [-0.05, 0) is 25.2 Å². The van der Waals surface area contributed by atoms with Crippen LogP contribution in [0.3, 0.4) is 0 Å². The van der Waals surface area contributed by atoms with Crippen LogP contribution in [0.25, 0.3) is 0 Å². The van der Waals surface area contributed by atoms with Gasteiger partial charge in [-0.2, -0.15) is 8.42 Å². The summed E-state index contributed by atoms with van der Waals surface area (Å²) in [5, 5.41) is 0. The molecule has 0 aromatic carbocycles. The minimum atomic E-state index is -4.08. The van der Waals surface area contributed by atoms with Crippen LogP contribution < -0.4 is 0 Å². The molecule has 2 aliphatic rings. The molecule has 2 unspecified atom stereocenters. The van der Waals surface area contributed by atoms with Crippen LogP contribution in [0.15, 0.2) is 23.8 Å². The molecule has 1 N–H and O–H groups in total. The van der Waals surface area contributed by atoms with E-state index in [1.54, 1.807) is 6.08 Å². The smallest absolute Gasteiger partial charge is 0.274 e. The second-order valence-electron chi connectivity index (χ2n) is 5.75. The Labute approximate surface area is 110 Å². The van der Waals surface area contributed by atoms with Crippen molar-refractivity contribution in [2.24, 2.45) is 11.8 Å². The molecular weight excluding hydrogens is 248 g/mol. The largest absolute Gasteiger partial charge is 0.285 e. The van der Waals surface area contributed by atoms with Gasteiger partial charge in [0.25, 0.3) is 10.1 Å². The quantitative estimate of drug-likeness (QED) is 0.800. The molecule has 18 heavy (non-hydrogen) atoms. The maximum absolute atomic E-state index is 11.9. The van der Waals surface area contributed by atoms with E-state index in [1.165, 1.54) is 12.8 Å². The maximum Gasteiger partial charge on any atom is 0.274 e. The van der Waals surface area contributed by atoms with Crippen molar-refractivity contribution in [3.8, 4) is 0 Å². The van der Waals surface area contributed by atoms with Gasteiger partial charge in [-0.25, -0.2) is 0 Å². The van der Waals surface area contributed by atoms with E-state index >= 15 is 0 Å². The molecule has 1 saturated carbocycles. The van der Waals surface area contributed by atoms with Gasteiger partial charge < -0.3 is 0 Å². The first-order valence-electron chi connectivity index (χ1n) is 6.70. The van der Waals surface area contributed by atoms with Crippen molar-refractivity contribution in [3.63, 3.8) is 0 Å². The first-order valence-corrected chi connectivity index (χ1v) is 8.14. The number of hydrogen-bond donors (Lipinski definition) is 1. The minimum absolute atomic E-state index is 0.0319. The monoisotopic (exact) mass is 270 g/mol. The molecule has 0 radical (unpaired) electrons. The standard InChI is InChI=1S/C14H22O3S/c1-11-7-9-14(10-8-11,18(15,16)17)12(2)13-5-3-4-6-13/h7-9,12-13H,3-6,10H2,1-2H3,(H,15,16,17). The summed E-state index contributed by atoms with van der Waals surface area (Å²) >= 11 is 0. The molecule has 3 nitrogen and oxygen atoms in total. The van der Waals surface area contributed by atoms with Crippen LogP contribution in [-0.4, -0.2) is 17.7 Å². The lowest BCUT2D eigenvalue weighted by Crippen LogP contribution is -2.45. The minimum Gasteiger partial charge on any atom is -0.285 e. The first-order chi connectivity index (χ1) is 8.37. The van der Waals surface area contributed by atoms with Crippen LogP contribution in [-0.2, 0) is 10.1 Å². The summed E-state index contributed by atoms with van der Waals surface area (Å²) < 4.78 is 32.4. The molecule has 2 rings (SSSR count). The normalized spacial score (nSPS) is 31.4. The van der Waals surface area contributed by atoms with Crippen molar-refractivity contribution >= 4 is 10.1 Å². The highest BCUT2D eigenvalue weighted by atomic mass is 32.2. The third kappa shape index (κ3) is 2.28. The lowest BCUT2D eigenvalue weighted by Gasteiger charge is -2.38. The van der Waals surface area contributed by atoms with Gasteiger partial charge in [0.2, 0.25) is 0 Å². The summed E-state index contributed by atoms with van der Waals surface area (Å²) in [7, 11) is -4.08. The molecule has 0 aromatic rings. The molecule has 0 amide bonds. The predicted octanol–water partition coefficient (Wildman–Crippen LogP) is 3.35. The fourth-order valence-corrected chi connectivity index (χ4v) is 4.55. The summed E-state index contributed by atoms with van der Waals surface area (Å²) in [5.41, 5.74) is 1.06. The molecular formula is C14H22O3S. The Balaban J connectivity index is 2.35. The highest BCUT2D eigenvalue weighted by Crippen LogP contribution is 2.44. The highest BCUT2D eigenvalue weighted by molar-refractivity contribution is 7.87. The summed E-state index contributed by atoms with van der Waals surface area (Å²) in [6.45, 7) is 3.92. The van der Waals surface area contributed by atoms with E-state index < -0.39 is 14.9 Å². The van der Waals surface area contributed by atoms with Crippen LogP contribution in [0.4, 0.5) is 0 Å². The molecule has 1 fully saturated rings. The predicted molar refractivity (Wildman–Crippen MR) is 72.9 cm³/mol. The van der Waals surface area contributed by atoms with Crippen molar-refractivity contribution in [2.75, 3.05) is 0 Å². The molecule has 0 aromatic heterocycles. The zero-order valence-electron chi connectivity index (χ0n) is 11.1. The second-order valence-corrected chi connectivity index (χ2v) is 7.46. The van der Waals surface area contributed by atoms with Gasteiger partial charge in [-0.3, -0.25) is 4.55 Å². The number of rotatable bonds is 3. The molecule has 4 heteroatoms. The Bertz CT molecular complexity index is 469. The summed E-state index contributed by atoms with van der Waals surface area (Å²) in [4.78, 5) is 0. The molecule has 0 spiro atoms. The first kappa shape index (κ1) is 13.8. The van der Waals surface area contributed by atoms with Crippen molar-refractivity contribution in [1.29, 1.82) is 0 Å². The van der Waals surface area contributed by atoms with Gasteiger partial charge >= 0.3 is 0 Å². The van der Waals surface area contributed by atoms with Gasteiger partial charge in [0.15, 0.2) is 0 Å². The van der Waals surface area contributed by atoms with E-state index in [9.17, 15) is 13.0 Å². The topological polar surface area (TPSA) is 54.4 Å². The van der Waals surface area contributed by atoms with E-state index in [0.29, 0.717) is 12.3 Å². The number of allylic oxidation sites excluding steroid dienone is 3. The van der Waals surface area contributed by atoms with Crippen LogP contribution in [0.5, 0.6) is 0 Å². The zero-order chi connectivity index (χ0) is 13.4. The molecule has 102 valence electrons. The average Bonchev–Trinajstić information content (AvgIpc) is 2.81. The molecule has 2 aliphatic carbocycles. The Hall–Kier alpha value is -0.610. The fraction of sp³-hybridized carbons (Fsp3) is 0.714. The van der Waals surface area contributed by atoms with Gasteiger partial charge in [0.1, 0.15) is 4.75 Å². The fourth-order valence-electron chi connectivity index (χ4n) is 3.35. The Morgan fingerprint density at radius 1 is 1.39 bits per heavy atom. The van der Waals surface area contributed by atoms with E-state index in [-0.39, 0.29) is 5.92 Å². The highest BCUT2D eigenvalue weighted by Gasteiger charge is 2.48. The Morgan fingerprint density at radius 2 is 2.00 bits per heavy atom. The zero-order valence-corrected chi connectivity index (χ0v) is 11.9. The van der Waals surface area contributed by atoms with Crippen molar-refractivity contribution < 1.29 is 13.0 Å². The van der Waals surface area contributed by atoms with Crippen molar-refractivity contribution in [2.45, 2.75) is 50.7 Å². The summed E-state index contributed by atoms with van der Waals surface area (Å²) in [6.07, 6.45) is 10.3. The van der Waals surface area contributed by atoms with Crippen LogP contribution in [0.1, 0.15) is 46.0 Å². The summed E-state index contributed by atoms with van der Waals surface area (Å²) in [6, 6.07) is 0. The van der Waals surface area contributed by atoms with E-state index in [1.807, 2.05) is 26.0 Å². The van der Waals surface area contributed by atoms with E-state index in [0.717, 1.165) is 18.4 Å². The van der Waals surface area contributed by atoms with Crippen LogP contribution >= 0.6 is 0 Å². The maximum atomic E-state index is 11.9. The Morgan fingerprint density at radius 3 is 2.44 bits per heavy atom. The Kier molecular flexibility index (Phi) is 3.70. The third-order valence-electron chi connectivity index (χ3n) is 4.73. The van der Waals surface area contributed by atoms with Crippen molar-refractivity contribution in [1.82, 2.24) is 0 Å². The summed E-state index contributed by atoms with van der Waals surface area (Å²) in [5.74, 6) is 0.374. The molecule has 0 bridgehead atoms. The molecule has 0 aliphatic heterocycles. The van der Waals surface area contributed by atoms with Gasteiger partial charge in [0, 0.05) is 0 Å². The van der Waals surface area contributed by atoms with E-state index in [2.05, 4.69) is 0 Å². The SMILES string of the molecule is CC1=CCC(C(C)C2CCCC2)(S(=O)(=O)O)C=C1. The van der Waals surface area contributed by atoms with Gasteiger partial charge in [0.05, 0.1) is 0 Å². The van der Waals surface area contributed by atoms with Gasteiger partial charge in [-0.1, -0.05) is 56.4 Å². The second kappa shape index (κ2) is 4.82. The molecule has 0 saturated heterocycles. The van der Waals surface area contributed by atoms with Crippen LogP contribution in [0.2, 0.25) is 0 Å². The van der Waals surface area contributed by atoms with Crippen molar-refractivity contribution in [3.05, 3.63) is 23.8 Å². The lowest BCUT2D eigenvalue weighted by molar-refractivity contribution is 0.286. The van der Waals surface area contributed by atoms with E-state index in [4.69, 9.17) is 0 Å². The average molecular weight is 270 g/mol. The third-order valence-corrected chi connectivity index (χ3v) is 6.36. The van der Waals surface area contributed by atoms with Gasteiger partial charge in [-0.15, -0.1) is 0 Å². The molecule has 2 atom stereocenters.